The molecule has 246 valence electrons. The molecule has 0 radical (unpaired) electrons. The number of hydrogen-bond donors (Lipinski definition) is 3. The van der Waals surface area contributed by atoms with E-state index in [0.717, 1.165) is 62.4 Å². The summed E-state index contributed by atoms with van der Waals surface area (Å²) in [5, 5.41) is 18.1. The number of allylic oxidation sites excluding steroid dienone is 1. The SMILES string of the molecule is N#Cc1cc(C2=CC=NN(Nc3ccc(N4CCN(C5COC5)CC4)cc3)N2)ccc1O[C@H]1CCN(C(=O)[C@@H]2CSC(=O)N2)C[C@H]1F. The predicted molar refractivity (Wildman–Crippen MR) is 176 cm³/mol. The Balaban J connectivity index is 0.920. The van der Waals surface area contributed by atoms with E-state index in [1.54, 1.807) is 30.5 Å². The number of nitriles is 1. The third kappa shape index (κ3) is 6.95. The summed E-state index contributed by atoms with van der Waals surface area (Å²) in [7, 11) is 0. The van der Waals surface area contributed by atoms with Gasteiger partial charge in [-0.25, -0.2) is 4.39 Å². The molecule has 5 heterocycles. The first-order valence-electron chi connectivity index (χ1n) is 15.8. The molecule has 0 unspecified atom stereocenters. The first-order chi connectivity index (χ1) is 22.9. The Labute approximate surface area is 276 Å². The second kappa shape index (κ2) is 13.7. The van der Waals surface area contributed by atoms with Crippen molar-refractivity contribution in [2.45, 2.75) is 30.8 Å². The first kappa shape index (κ1) is 31.1. The number of carbonyl (C=O) groups excluding carboxylic acids is 2. The van der Waals surface area contributed by atoms with Gasteiger partial charge in [0.05, 0.1) is 49.0 Å². The second-order valence-corrected chi connectivity index (χ2v) is 13.0. The summed E-state index contributed by atoms with van der Waals surface area (Å²) in [6.45, 7) is 5.92. The fourth-order valence-electron chi connectivity index (χ4n) is 6.23. The normalized spacial score (nSPS) is 24.9. The molecule has 15 heteroatoms. The zero-order chi connectivity index (χ0) is 32.3. The molecule has 3 N–H and O–H groups in total. The van der Waals surface area contributed by atoms with E-state index in [0.29, 0.717) is 24.0 Å². The highest BCUT2D eigenvalue weighted by Gasteiger charge is 2.38. The standard InChI is InChI=1S/C32H36FN9O4S/c33-26-17-41(31(43)28-20-47-32(44)36-28)10-8-30(26)46-29-6-1-21(15-22(29)16-34)27-7-9-35-42(38-27)37-23-2-4-24(5-3-23)39-11-13-40(14-12-39)25-18-45-19-25/h1-7,9,15,25-26,28,30,37-38H,8,10-14,17-20H2,(H,36,44)/t26-,28+,30+/m1/s1. The zero-order valence-electron chi connectivity index (χ0n) is 25.7. The van der Waals surface area contributed by atoms with Gasteiger partial charge in [-0.15, -0.1) is 10.3 Å². The van der Waals surface area contributed by atoms with Crippen LogP contribution in [0.3, 0.4) is 0 Å². The molecular weight excluding hydrogens is 625 g/mol. The molecule has 2 aromatic rings. The molecule has 0 saturated carbocycles. The smallest absolute Gasteiger partial charge is 0.279 e. The number of alkyl halides is 1. The van der Waals surface area contributed by atoms with Gasteiger partial charge < -0.3 is 24.6 Å². The van der Waals surface area contributed by atoms with Gasteiger partial charge in [-0.3, -0.25) is 25.3 Å². The molecule has 2 amide bonds. The fourth-order valence-corrected chi connectivity index (χ4v) is 7.00. The number of rotatable bonds is 8. The van der Waals surface area contributed by atoms with Crippen LogP contribution < -0.4 is 25.8 Å². The quantitative estimate of drug-likeness (QED) is 0.385. The molecular formula is C32H36FN9O4S. The number of hydrogen-bond acceptors (Lipinski definition) is 12. The van der Waals surface area contributed by atoms with E-state index in [2.05, 4.69) is 49.3 Å². The van der Waals surface area contributed by atoms with Crippen molar-refractivity contribution in [3.8, 4) is 11.8 Å². The minimum absolute atomic E-state index is 0.129. The molecule has 13 nitrogen and oxygen atoms in total. The van der Waals surface area contributed by atoms with Crippen LogP contribution in [0, 0.1) is 11.3 Å². The van der Waals surface area contributed by atoms with Gasteiger partial charge in [0.15, 0.2) is 6.17 Å². The number of nitrogens with one attached hydrogen (secondary N) is 3. The van der Waals surface area contributed by atoms with Crippen molar-refractivity contribution in [3.63, 3.8) is 0 Å². The third-order valence-electron chi connectivity index (χ3n) is 9.02. The number of hydrazone groups is 1. The van der Waals surface area contributed by atoms with E-state index in [-0.39, 0.29) is 35.4 Å². The number of benzene rings is 2. The number of piperazine rings is 1. The van der Waals surface area contributed by atoms with Crippen molar-refractivity contribution in [2.24, 2.45) is 5.10 Å². The fraction of sp³-hybridized carbons (Fsp3) is 0.438. The third-order valence-corrected chi connectivity index (χ3v) is 9.90. The van der Waals surface area contributed by atoms with Crippen LogP contribution in [0.1, 0.15) is 17.5 Å². The first-order valence-corrected chi connectivity index (χ1v) is 16.7. The lowest BCUT2D eigenvalue weighted by Gasteiger charge is -2.43. The molecule has 5 aliphatic heterocycles. The lowest BCUT2D eigenvalue weighted by atomic mass is 10.0. The van der Waals surface area contributed by atoms with Crippen LogP contribution in [-0.2, 0) is 9.53 Å². The Kier molecular flexibility index (Phi) is 9.05. The number of likely N-dealkylation sites (tertiary alicyclic amines) is 1. The molecule has 47 heavy (non-hydrogen) atoms. The topological polar surface area (TPSA) is 138 Å². The van der Waals surface area contributed by atoms with Crippen molar-refractivity contribution < 1.29 is 23.5 Å². The van der Waals surface area contributed by atoms with Crippen molar-refractivity contribution >= 4 is 46.2 Å². The van der Waals surface area contributed by atoms with Crippen LogP contribution in [0.15, 0.2) is 53.6 Å². The van der Waals surface area contributed by atoms with Gasteiger partial charge in [-0.2, -0.15) is 5.26 Å². The maximum Gasteiger partial charge on any atom is 0.279 e. The number of piperidine rings is 1. The van der Waals surface area contributed by atoms with Crippen LogP contribution in [-0.4, -0.2) is 115 Å². The lowest BCUT2D eigenvalue weighted by Crippen LogP contribution is -2.56. The number of thioether (sulfide) groups is 1. The van der Waals surface area contributed by atoms with Gasteiger partial charge in [-0.05, 0) is 48.5 Å². The van der Waals surface area contributed by atoms with Gasteiger partial charge in [0, 0.05) is 56.1 Å². The van der Waals surface area contributed by atoms with E-state index in [9.17, 15) is 14.9 Å². The van der Waals surface area contributed by atoms with Crippen LogP contribution in [0.25, 0.3) is 5.70 Å². The highest BCUT2D eigenvalue weighted by molar-refractivity contribution is 8.14. The maximum absolute atomic E-state index is 15.2. The van der Waals surface area contributed by atoms with Crippen LogP contribution in [0.5, 0.6) is 5.75 Å². The number of nitrogens with zero attached hydrogens (tertiary/aromatic N) is 6. The minimum atomic E-state index is -1.44. The Hall–Kier alpha value is -4.52. The number of amides is 2. The monoisotopic (exact) mass is 661 g/mol. The van der Waals surface area contributed by atoms with E-state index in [1.165, 1.54) is 15.8 Å². The molecule has 2 aromatic carbocycles. The molecule has 4 fully saturated rings. The molecule has 0 bridgehead atoms. The number of anilines is 2. The zero-order valence-corrected chi connectivity index (χ0v) is 26.5. The summed E-state index contributed by atoms with van der Waals surface area (Å²) in [6.07, 6.45) is 1.47. The minimum Gasteiger partial charge on any atom is -0.486 e. The predicted octanol–water partition coefficient (Wildman–Crippen LogP) is 2.40. The van der Waals surface area contributed by atoms with Crippen molar-refractivity contribution in [3.05, 3.63) is 59.7 Å². The molecule has 4 saturated heterocycles. The molecule has 3 atom stereocenters. The van der Waals surface area contributed by atoms with Gasteiger partial charge in [0.1, 0.15) is 24.0 Å². The van der Waals surface area contributed by atoms with E-state index in [1.807, 2.05) is 12.1 Å². The van der Waals surface area contributed by atoms with Gasteiger partial charge in [-0.1, -0.05) is 11.8 Å². The Morgan fingerprint density at radius 2 is 1.94 bits per heavy atom. The number of carbonyl (C=O) groups is 2. The highest BCUT2D eigenvalue weighted by atomic mass is 32.2. The Morgan fingerprint density at radius 3 is 2.62 bits per heavy atom. The number of halogens is 1. The molecule has 0 spiro atoms. The number of hydrazine groups is 2. The Morgan fingerprint density at radius 1 is 1.13 bits per heavy atom. The Bertz CT molecular complexity index is 1590. The lowest BCUT2D eigenvalue weighted by molar-refractivity contribution is -0.136. The van der Waals surface area contributed by atoms with E-state index in [4.69, 9.17) is 9.47 Å². The molecule has 5 aliphatic rings. The summed E-state index contributed by atoms with van der Waals surface area (Å²) >= 11 is 1.05. The summed E-state index contributed by atoms with van der Waals surface area (Å²) < 4.78 is 26.5. The average Bonchev–Trinajstić information content (AvgIpc) is 3.51. The summed E-state index contributed by atoms with van der Waals surface area (Å²) in [6, 6.07) is 15.5. The molecule has 0 aromatic heterocycles. The summed E-state index contributed by atoms with van der Waals surface area (Å²) in [4.78, 5) is 30.5. The van der Waals surface area contributed by atoms with Crippen LogP contribution in [0.2, 0.25) is 0 Å². The maximum atomic E-state index is 15.2. The van der Waals surface area contributed by atoms with Gasteiger partial charge in [0.25, 0.3) is 5.24 Å². The summed E-state index contributed by atoms with van der Waals surface area (Å²) in [5.41, 5.74) is 10.2. The van der Waals surface area contributed by atoms with E-state index < -0.39 is 18.3 Å². The van der Waals surface area contributed by atoms with E-state index >= 15 is 4.39 Å². The highest BCUT2D eigenvalue weighted by Crippen LogP contribution is 2.29. The summed E-state index contributed by atoms with van der Waals surface area (Å²) in [5.74, 6) is 0.339. The van der Waals surface area contributed by atoms with Crippen molar-refractivity contribution in [1.29, 1.82) is 5.26 Å². The van der Waals surface area contributed by atoms with Crippen molar-refractivity contribution in [2.75, 3.05) is 68.6 Å². The van der Waals surface area contributed by atoms with Crippen LogP contribution >= 0.6 is 11.8 Å². The average molecular weight is 662 g/mol. The second-order valence-electron chi connectivity index (χ2n) is 12.0. The van der Waals surface area contributed by atoms with Crippen LogP contribution in [0.4, 0.5) is 20.6 Å². The molecule has 7 rings (SSSR count). The van der Waals surface area contributed by atoms with Gasteiger partial charge >= 0.3 is 0 Å². The number of ether oxygens (including phenoxy) is 2. The largest absolute Gasteiger partial charge is 0.486 e. The molecule has 0 aliphatic carbocycles. The van der Waals surface area contributed by atoms with Crippen molar-refractivity contribution in [1.82, 2.24) is 25.8 Å². The van der Waals surface area contributed by atoms with Gasteiger partial charge in [0.2, 0.25) is 5.91 Å².